The van der Waals surface area contributed by atoms with Crippen LogP contribution in [0.3, 0.4) is 0 Å². The number of hydrogen-bond donors (Lipinski definition) is 2. The maximum absolute atomic E-state index is 12.0. The number of amides is 1. The molecule has 0 aromatic heterocycles. The predicted octanol–water partition coefficient (Wildman–Crippen LogP) is 2.43. The van der Waals surface area contributed by atoms with Crippen molar-refractivity contribution in [1.82, 2.24) is 5.43 Å². The lowest BCUT2D eigenvalue weighted by Crippen LogP contribution is -2.19. The van der Waals surface area contributed by atoms with E-state index in [-0.39, 0.29) is 24.9 Å². The molecule has 1 aliphatic rings. The number of carbonyl (C=O) groups is 1. The van der Waals surface area contributed by atoms with Gasteiger partial charge in [-0.05, 0) is 58.0 Å². The summed E-state index contributed by atoms with van der Waals surface area (Å²) in [5, 5.41) is 13.7. The van der Waals surface area contributed by atoms with E-state index in [1.165, 1.54) is 13.3 Å². The molecule has 0 bridgehead atoms. The number of benzene rings is 2. The molecule has 8 heteroatoms. The molecular weight excluding hydrogens is 439 g/mol. The first-order valence-corrected chi connectivity index (χ1v) is 8.41. The maximum Gasteiger partial charge on any atom is 0.244 e. The third kappa shape index (κ3) is 4.13. The number of nitrogens with one attached hydrogen (secondary N) is 1. The zero-order chi connectivity index (χ0) is 17.8. The van der Waals surface area contributed by atoms with Gasteiger partial charge in [-0.2, -0.15) is 5.10 Å². The number of hydrogen-bond acceptors (Lipinski definition) is 6. The number of rotatable bonds is 5. The van der Waals surface area contributed by atoms with Crippen LogP contribution < -0.4 is 19.6 Å². The van der Waals surface area contributed by atoms with Crippen molar-refractivity contribution in [2.75, 3.05) is 13.9 Å². The molecule has 0 aliphatic carbocycles. The van der Waals surface area contributed by atoms with E-state index in [9.17, 15) is 9.90 Å². The number of carbonyl (C=O) groups excluding carboxylic acids is 1. The van der Waals surface area contributed by atoms with Gasteiger partial charge in [0.05, 0.1) is 23.3 Å². The fourth-order valence-electron chi connectivity index (χ4n) is 2.28. The van der Waals surface area contributed by atoms with Crippen LogP contribution in [0.25, 0.3) is 0 Å². The van der Waals surface area contributed by atoms with Gasteiger partial charge in [0.1, 0.15) is 0 Å². The monoisotopic (exact) mass is 454 g/mol. The smallest absolute Gasteiger partial charge is 0.244 e. The van der Waals surface area contributed by atoms with Gasteiger partial charge in [0.25, 0.3) is 0 Å². The lowest BCUT2D eigenvalue weighted by Gasteiger charge is -2.06. The summed E-state index contributed by atoms with van der Waals surface area (Å²) < 4.78 is 16.2. The van der Waals surface area contributed by atoms with Crippen LogP contribution in [0.4, 0.5) is 0 Å². The first-order chi connectivity index (χ1) is 12.1. The Bertz CT molecular complexity index is 838. The Balaban J connectivity index is 1.60. The Labute approximate surface area is 157 Å². The third-order valence-corrected chi connectivity index (χ3v) is 4.30. The van der Waals surface area contributed by atoms with Crippen molar-refractivity contribution < 1.29 is 24.1 Å². The Hall–Kier alpha value is -2.49. The number of hydrazone groups is 1. The first kappa shape index (κ1) is 17.3. The van der Waals surface area contributed by atoms with E-state index in [4.69, 9.17) is 14.2 Å². The lowest BCUT2D eigenvalue weighted by molar-refractivity contribution is -0.120. The zero-order valence-electron chi connectivity index (χ0n) is 13.3. The third-order valence-electron chi connectivity index (χ3n) is 3.48. The average Bonchev–Trinajstić information content (AvgIpc) is 3.05. The van der Waals surface area contributed by atoms with E-state index in [1.54, 1.807) is 24.3 Å². The second kappa shape index (κ2) is 7.60. The molecule has 2 aromatic rings. The molecule has 0 radical (unpaired) electrons. The quantitative estimate of drug-likeness (QED) is 0.412. The van der Waals surface area contributed by atoms with E-state index in [0.29, 0.717) is 26.4 Å². The molecule has 25 heavy (non-hydrogen) atoms. The normalized spacial score (nSPS) is 12.4. The SMILES string of the molecule is COc1cc(/C=N\NC(=O)Cc2ccc3c(c2)OCO3)cc(I)c1O. The second-order valence-corrected chi connectivity index (χ2v) is 6.37. The number of aromatic hydroxyl groups is 1. The molecule has 3 rings (SSSR count). The van der Waals surface area contributed by atoms with Crippen molar-refractivity contribution in [3.63, 3.8) is 0 Å². The Morgan fingerprint density at radius 1 is 1.36 bits per heavy atom. The van der Waals surface area contributed by atoms with Crippen molar-refractivity contribution in [3.8, 4) is 23.0 Å². The largest absolute Gasteiger partial charge is 0.504 e. The van der Waals surface area contributed by atoms with Crippen molar-refractivity contribution in [1.29, 1.82) is 0 Å². The number of nitrogens with zero attached hydrogens (tertiary/aromatic N) is 1. The highest BCUT2D eigenvalue weighted by Crippen LogP contribution is 2.33. The summed E-state index contributed by atoms with van der Waals surface area (Å²) in [5.41, 5.74) is 3.97. The predicted molar refractivity (Wildman–Crippen MR) is 99.4 cm³/mol. The van der Waals surface area contributed by atoms with Crippen LogP contribution in [-0.2, 0) is 11.2 Å². The van der Waals surface area contributed by atoms with Gasteiger partial charge >= 0.3 is 0 Å². The standard InChI is InChI=1S/C17H15IN2O5/c1-23-15-6-11(4-12(18)17(15)22)8-19-20-16(21)7-10-2-3-13-14(5-10)25-9-24-13/h2-6,8,22H,7,9H2,1H3,(H,20,21)/b19-8-. The van der Waals surface area contributed by atoms with E-state index in [1.807, 2.05) is 28.7 Å². The molecule has 0 atom stereocenters. The van der Waals surface area contributed by atoms with Crippen LogP contribution in [0.1, 0.15) is 11.1 Å². The highest BCUT2D eigenvalue weighted by Gasteiger charge is 2.14. The van der Waals surface area contributed by atoms with Crippen LogP contribution in [0.15, 0.2) is 35.4 Å². The number of fused-ring (bicyclic) bond motifs is 1. The molecule has 1 amide bonds. The van der Waals surface area contributed by atoms with Crippen molar-refractivity contribution in [2.24, 2.45) is 5.10 Å². The van der Waals surface area contributed by atoms with Gasteiger partial charge in [0.2, 0.25) is 12.7 Å². The first-order valence-electron chi connectivity index (χ1n) is 7.34. The second-order valence-electron chi connectivity index (χ2n) is 5.21. The molecule has 0 saturated heterocycles. The van der Waals surface area contributed by atoms with E-state index in [2.05, 4.69) is 10.5 Å². The van der Waals surface area contributed by atoms with Crippen LogP contribution in [0.2, 0.25) is 0 Å². The molecular formula is C17H15IN2O5. The van der Waals surface area contributed by atoms with Gasteiger partial charge in [-0.1, -0.05) is 6.07 Å². The van der Waals surface area contributed by atoms with Gasteiger partial charge in [-0.25, -0.2) is 5.43 Å². The number of methoxy groups -OCH3 is 1. The summed E-state index contributed by atoms with van der Waals surface area (Å²) in [5.74, 6) is 1.49. The minimum absolute atomic E-state index is 0.0760. The van der Waals surface area contributed by atoms with Crippen molar-refractivity contribution >= 4 is 34.7 Å². The fourth-order valence-corrected chi connectivity index (χ4v) is 2.90. The lowest BCUT2D eigenvalue weighted by atomic mass is 10.1. The summed E-state index contributed by atoms with van der Waals surface area (Å²) in [7, 11) is 1.47. The molecule has 0 unspecified atom stereocenters. The summed E-state index contributed by atoms with van der Waals surface area (Å²) in [4.78, 5) is 12.0. The molecule has 0 saturated carbocycles. The summed E-state index contributed by atoms with van der Waals surface area (Å²) in [6.45, 7) is 0.199. The van der Waals surface area contributed by atoms with Crippen LogP contribution in [0, 0.1) is 3.57 Å². The maximum atomic E-state index is 12.0. The molecule has 0 fully saturated rings. The van der Waals surface area contributed by atoms with Gasteiger partial charge in [0.15, 0.2) is 23.0 Å². The summed E-state index contributed by atoms with van der Waals surface area (Å²) >= 11 is 1.99. The van der Waals surface area contributed by atoms with E-state index >= 15 is 0 Å². The van der Waals surface area contributed by atoms with E-state index in [0.717, 1.165) is 5.56 Å². The van der Waals surface area contributed by atoms with Crippen LogP contribution in [0.5, 0.6) is 23.0 Å². The summed E-state index contributed by atoms with van der Waals surface area (Å²) in [6, 6.07) is 8.72. The molecule has 2 N–H and O–H groups in total. The molecule has 1 aliphatic heterocycles. The average molecular weight is 454 g/mol. The highest BCUT2D eigenvalue weighted by molar-refractivity contribution is 14.1. The molecule has 0 spiro atoms. The highest BCUT2D eigenvalue weighted by atomic mass is 127. The van der Waals surface area contributed by atoms with Crippen molar-refractivity contribution in [2.45, 2.75) is 6.42 Å². The molecule has 7 nitrogen and oxygen atoms in total. The topological polar surface area (TPSA) is 89.4 Å². The van der Waals surface area contributed by atoms with Gasteiger partial charge in [-0.3, -0.25) is 4.79 Å². The van der Waals surface area contributed by atoms with Crippen molar-refractivity contribution in [3.05, 3.63) is 45.0 Å². The Morgan fingerprint density at radius 2 is 2.16 bits per heavy atom. The van der Waals surface area contributed by atoms with E-state index < -0.39 is 0 Å². The van der Waals surface area contributed by atoms with Gasteiger partial charge in [0, 0.05) is 0 Å². The van der Waals surface area contributed by atoms with Crippen LogP contribution >= 0.6 is 22.6 Å². The molecule has 1 heterocycles. The van der Waals surface area contributed by atoms with Gasteiger partial charge in [-0.15, -0.1) is 0 Å². The number of halogens is 1. The number of phenols is 1. The zero-order valence-corrected chi connectivity index (χ0v) is 15.4. The summed E-state index contributed by atoms with van der Waals surface area (Å²) in [6.07, 6.45) is 1.66. The minimum Gasteiger partial charge on any atom is -0.504 e. The number of phenolic OH excluding ortho intramolecular Hbond substituents is 1. The molecule has 130 valence electrons. The van der Waals surface area contributed by atoms with Crippen LogP contribution in [-0.4, -0.2) is 31.1 Å². The Morgan fingerprint density at radius 3 is 2.96 bits per heavy atom. The minimum atomic E-state index is -0.254. The number of ether oxygens (including phenoxy) is 3. The Kier molecular flexibility index (Phi) is 5.27. The fraction of sp³-hybridized carbons (Fsp3) is 0.176. The van der Waals surface area contributed by atoms with Gasteiger partial charge < -0.3 is 19.3 Å². The molecule has 2 aromatic carbocycles.